The molecule has 1 aliphatic rings. The number of esters is 2. The van der Waals surface area contributed by atoms with Crippen LogP contribution in [0.15, 0.2) is 36.5 Å². The third-order valence-electron chi connectivity index (χ3n) is 12.5. The molecule has 0 aliphatic heterocycles. The van der Waals surface area contributed by atoms with Crippen molar-refractivity contribution in [3.63, 3.8) is 0 Å². The molecule has 0 aromatic heterocycles. The van der Waals surface area contributed by atoms with Crippen molar-refractivity contribution in [2.75, 3.05) is 13.2 Å². The van der Waals surface area contributed by atoms with E-state index in [1.807, 2.05) is 0 Å². The normalized spacial score (nSPS) is 21.4. The Morgan fingerprint density at radius 1 is 0.463 bits per heavy atom. The second-order valence-electron chi connectivity index (χ2n) is 18.7. The van der Waals surface area contributed by atoms with Gasteiger partial charge in [0.05, 0.1) is 6.61 Å². The van der Waals surface area contributed by atoms with E-state index in [0.29, 0.717) is 19.3 Å². The lowest BCUT2D eigenvalue weighted by Gasteiger charge is -2.41. The molecule has 0 aromatic rings. The van der Waals surface area contributed by atoms with Gasteiger partial charge in [0.2, 0.25) is 0 Å². The first-order valence-electron chi connectivity index (χ1n) is 26.8. The molecule has 8 atom stereocenters. The summed E-state index contributed by atoms with van der Waals surface area (Å²) in [5, 5.41) is 50.3. The number of phosphoric ester groups is 1. The molecule has 67 heavy (non-hydrogen) atoms. The van der Waals surface area contributed by atoms with Crippen LogP contribution in [-0.4, -0.2) is 98.3 Å². The molecule has 0 aromatic carbocycles. The molecule has 1 fully saturated rings. The number of unbranched alkanes of at least 4 members (excludes halogenated alkanes) is 27. The number of hydrogen-bond donors (Lipinski definition) is 6. The van der Waals surface area contributed by atoms with Crippen LogP contribution in [0.4, 0.5) is 0 Å². The number of phosphoric acid groups is 1. The molecule has 0 spiro atoms. The largest absolute Gasteiger partial charge is 0.472 e. The van der Waals surface area contributed by atoms with Crippen LogP contribution >= 0.6 is 7.82 Å². The number of carbonyl (C=O) groups is 2. The van der Waals surface area contributed by atoms with Gasteiger partial charge in [0.25, 0.3) is 0 Å². The molecule has 1 rings (SSSR count). The first kappa shape index (κ1) is 63.1. The van der Waals surface area contributed by atoms with Gasteiger partial charge in [-0.3, -0.25) is 18.6 Å². The molecule has 1 aliphatic carbocycles. The molecule has 6 unspecified atom stereocenters. The predicted molar refractivity (Wildman–Crippen MR) is 267 cm³/mol. The van der Waals surface area contributed by atoms with Gasteiger partial charge in [0.15, 0.2) is 6.10 Å². The van der Waals surface area contributed by atoms with Crippen molar-refractivity contribution in [3.05, 3.63) is 36.5 Å². The summed E-state index contributed by atoms with van der Waals surface area (Å²) in [6.07, 6.45) is 37.9. The lowest BCUT2D eigenvalue weighted by Crippen LogP contribution is -2.64. The smallest absolute Gasteiger partial charge is 0.462 e. The van der Waals surface area contributed by atoms with Crippen LogP contribution < -0.4 is 0 Å². The average Bonchev–Trinajstić information content (AvgIpc) is 3.31. The number of rotatable bonds is 45. The minimum atomic E-state index is -5.14. The van der Waals surface area contributed by atoms with Crippen LogP contribution in [0.25, 0.3) is 0 Å². The Morgan fingerprint density at radius 3 is 1.27 bits per heavy atom. The highest BCUT2D eigenvalue weighted by atomic mass is 31.2. The summed E-state index contributed by atoms with van der Waals surface area (Å²) in [5.74, 6) is -1.17. The molecule has 0 saturated heterocycles. The second kappa shape index (κ2) is 42.9. The average molecular weight is 973 g/mol. The molecular weight excluding hydrogens is 876 g/mol. The highest BCUT2D eigenvalue weighted by Gasteiger charge is 2.51. The predicted octanol–water partition coefficient (Wildman–Crippen LogP) is 11.7. The first-order valence-corrected chi connectivity index (χ1v) is 28.3. The summed E-state index contributed by atoms with van der Waals surface area (Å²) >= 11 is 0. The minimum absolute atomic E-state index is 0.0439. The zero-order valence-corrected chi connectivity index (χ0v) is 42.8. The maximum absolute atomic E-state index is 12.8. The number of aliphatic hydroxyl groups is 5. The van der Waals surface area contributed by atoms with Crippen molar-refractivity contribution in [3.8, 4) is 0 Å². The second-order valence-corrected chi connectivity index (χ2v) is 20.1. The number of carbonyl (C=O) groups excluding carboxylic acids is 2. The van der Waals surface area contributed by atoms with Crippen molar-refractivity contribution in [1.29, 1.82) is 0 Å². The zero-order chi connectivity index (χ0) is 49.2. The van der Waals surface area contributed by atoms with Gasteiger partial charge in [-0.05, 0) is 64.2 Å². The molecule has 0 heterocycles. The molecule has 13 nitrogen and oxygen atoms in total. The van der Waals surface area contributed by atoms with Crippen molar-refractivity contribution in [2.45, 2.75) is 275 Å². The Balaban J connectivity index is 2.39. The maximum atomic E-state index is 12.8. The summed E-state index contributed by atoms with van der Waals surface area (Å²) in [6.45, 7) is 3.28. The number of allylic oxidation sites excluding steroid dienone is 6. The van der Waals surface area contributed by atoms with Crippen molar-refractivity contribution in [1.82, 2.24) is 0 Å². The van der Waals surface area contributed by atoms with E-state index < -0.39 is 75.7 Å². The SMILES string of the molecule is CCCCCCCC/C=C/C/C=C/CCCCC(=O)OC[C@H](COP(=O)(O)OC1C(O)C(O)C(O)[C@@H](O)C1O)OC(=O)CCC/C=C/CCCCCCCCCCCCCCCCCCCC. The summed E-state index contributed by atoms with van der Waals surface area (Å²) in [4.78, 5) is 35.8. The Morgan fingerprint density at radius 2 is 0.821 bits per heavy atom. The van der Waals surface area contributed by atoms with Gasteiger partial charge in [-0.25, -0.2) is 4.57 Å². The summed E-state index contributed by atoms with van der Waals surface area (Å²) in [6, 6.07) is 0. The Hall–Kier alpha value is -1.93. The third kappa shape index (κ3) is 34.9. The maximum Gasteiger partial charge on any atom is 0.472 e. The van der Waals surface area contributed by atoms with Crippen molar-refractivity contribution < 1.29 is 63.1 Å². The van der Waals surface area contributed by atoms with E-state index in [2.05, 4.69) is 50.3 Å². The fourth-order valence-electron chi connectivity index (χ4n) is 8.15. The number of aliphatic hydroxyl groups excluding tert-OH is 5. The Labute approximate surface area is 406 Å². The van der Waals surface area contributed by atoms with Gasteiger partial charge in [-0.2, -0.15) is 0 Å². The third-order valence-corrected chi connectivity index (χ3v) is 13.4. The van der Waals surface area contributed by atoms with E-state index in [1.165, 1.54) is 148 Å². The van der Waals surface area contributed by atoms with E-state index in [-0.39, 0.29) is 12.8 Å². The standard InChI is InChI=1S/C53H97O13P/c1-3-5-7-9-11-13-15-17-19-20-21-22-23-24-25-26-28-30-32-34-36-38-40-42-47(55)65-45(44-64-67(61,62)66-53-51(59)49(57)48(56)50(58)52(53)60)43-63-46(54)41-39-37-35-33-31-29-27-18-16-14-12-10-8-6-4-2/h18,27,31,33-34,36,45,48-53,56-60H,3-17,19-26,28-30,32,35,37-44H2,1-2H3,(H,61,62)/b27-18+,33-31+,36-34+/t45-,48?,49-,50?,51?,52?,53?/m1/s1. The van der Waals surface area contributed by atoms with E-state index in [4.69, 9.17) is 18.5 Å². The zero-order valence-electron chi connectivity index (χ0n) is 41.9. The van der Waals surface area contributed by atoms with Crippen LogP contribution in [0.2, 0.25) is 0 Å². The van der Waals surface area contributed by atoms with E-state index in [0.717, 1.165) is 38.5 Å². The van der Waals surface area contributed by atoms with E-state index in [9.17, 15) is 44.6 Å². The summed E-state index contributed by atoms with van der Waals surface area (Å²) in [5.41, 5.74) is 0. The number of ether oxygens (including phenoxy) is 2. The van der Waals surface area contributed by atoms with E-state index in [1.54, 1.807) is 0 Å². The van der Waals surface area contributed by atoms with Gasteiger partial charge in [-0.1, -0.05) is 192 Å². The first-order chi connectivity index (χ1) is 32.4. The molecule has 1 saturated carbocycles. The molecule has 0 radical (unpaired) electrons. The van der Waals surface area contributed by atoms with Gasteiger partial charge < -0.3 is 39.9 Å². The fourth-order valence-corrected chi connectivity index (χ4v) is 9.12. The lowest BCUT2D eigenvalue weighted by atomic mass is 9.85. The minimum Gasteiger partial charge on any atom is -0.462 e. The van der Waals surface area contributed by atoms with Crippen LogP contribution in [0.3, 0.4) is 0 Å². The highest BCUT2D eigenvalue weighted by Crippen LogP contribution is 2.47. The molecule has 392 valence electrons. The monoisotopic (exact) mass is 973 g/mol. The Bertz CT molecular complexity index is 1310. The van der Waals surface area contributed by atoms with Gasteiger partial charge >= 0.3 is 19.8 Å². The summed E-state index contributed by atoms with van der Waals surface area (Å²) in [7, 11) is -5.14. The molecule has 6 N–H and O–H groups in total. The van der Waals surface area contributed by atoms with Crippen molar-refractivity contribution >= 4 is 19.8 Å². The lowest BCUT2D eigenvalue weighted by molar-refractivity contribution is -0.220. The molecule has 14 heteroatoms. The fraction of sp³-hybridized carbons (Fsp3) is 0.849. The van der Waals surface area contributed by atoms with Crippen LogP contribution in [0.5, 0.6) is 0 Å². The van der Waals surface area contributed by atoms with E-state index >= 15 is 0 Å². The molecule has 0 bridgehead atoms. The highest BCUT2D eigenvalue weighted by molar-refractivity contribution is 7.47. The quantitative estimate of drug-likeness (QED) is 0.0145. The Kier molecular flexibility index (Phi) is 40.4. The van der Waals surface area contributed by atoms with Crippen LogP contribution in [-0.2, 0) is 32.7 Å². The topological polar surface area (TPSA) is 210 Å². The van der Waals surface area contributed by atoms with Gasteiger partial charge in [0, 0.05) is 12.8 Å². The van der Waals surface area contributed by atoms with Crippen LogP contribution in [0.1, 0.15) is 232 Å². The summed E-state index contributed by atoms with van der Waals surface area (Å²) < 4.78 is 33.6. The van der Waals surface area contributed by atoms with Gasteiger partial charge in [-0.15, -0.1) is 0 Å². The van der Waals surface area contributed by atoms with Crippen LogP contribution in [0, 0.1) is 0 Å². The van der Waals surface area contributed by atoms with Crippen molar-refractivity contribution in [2.24, 2.45) is 0 Å². The molecular formula is C53H97O13P. The van der Waals surface area contributed by atoms with Gasteiger partial charge in [0.1, 0.15) is 43.2 Å². The number of hydrogen-bond acceptors (Lipinski definition) is 12. The molecule has 0 amide bonds.